The fourth-order valence-corrected chi connectivity index (χ4v) is 1.92. The van der Waals surface area contributed by atoms with Gasteiger partial charge in [-0.05, 0) is 6.07 Å². The highest BCUT2D eigenvalue weighted by Gasteiger charge is 2.29. The molecule has 2 N–H and O–H groups in total. The Morgan fingerprint density at radius 1 is 1.71 bits per heavy atom. The second-order valence-corrected chi connectivity index (χ2v) is 3.76. The lowest BCUT2D eigenvalue weighted by atomic mass is 10.1. The standard InChI is InChI=1S/C11H12N4O2/c12-5-8-1-2-13-6-9(8)15-4-3-14-7-10(15)11(16)17/h1-2,6,10,14H,3-4,7H2,(H,16,17). The zero-order valence-corrected chi connectivity index (χ0v) is 9.13. The highest BCUT2D eigenvalue weighted by molar-refractivity contribution is 5.79. The van der Waals surface area contributed by atoms with Crippen molar-refractivity contribution in [2.75, 3.05) is 24.5 Å². The van der Waals surface area contributed by atoms with E-state index in [1.807, 2.05) is 0 Å². The molecule has 0 amide bonds. The molecule has 1 aromatic heterocycles. The van der Waals surface area contributed by atoms with E-state index >= 15 is 0 Å². The average molecular weight is 232 g/mol. The molecule has 0 aromatic carbocycles. The number of carboxylic acid groups (broad SMARTS) is 1. The molecule has 0 aliphatic carbocycles. The van der Waals surface area contributed by atoms with Crippen LogP contribution in [0.25, 0.3) is 0 Å². The first kappa shape index (κ1) is 11.4. The number of rotatable bonds is 2. The third kappa shape index (κ3) is 2.19. The summed E-state index contributed by atoms with van der Waals surface area (Å²) in [6.45, 7) is 1.62. The summed E-state index contributed by atoms with van der Waals surface area (Å²) in [6.07, 6.45) is 3.07. The lowest BCUT2D eigenvalue weighted by Gasteiger charge is -2.35. The van der Waals surface area contributed by atoms with Crippen LogP contribution < -0.4 is 10.2 Å². The second kappa shape index (κ2) is 4.80. The smallest absolute Gasteiger partial charge is 0.327 e. The van der Waals surface area contributed by atoms with Crippen molar-refractivity contribution in [1.29, 1.82) is 5.26 Å². The van der Waals surface area contributed by atoms with E-state index in [-0.39, 0.29) is 0 Å². The van der Waals surface area contributed by atoms with Gasteiger partial charge in [0, 0.05) is 25.8 Å². The van der Waals surface area contributed by atoms with Crippen LogP contribution in [0.2, 0.25) is 0 Å². The number of piperazine rings is 1. The van der Waals surface area contributed by atoms with Gasteiger partial charge in [-0.25, -0.2) is 4.79 Å². The fraction of sp³-hybridized carbons (Fsp3) is 0.364. The first-order chi connectivity index (χ1) is 8.24. The molecular weight excluding hydrogens is 220 g/mol. The fourth-order valence-electron chi connectivity index (χ4n) is 1.92. The Balaban J connectivity index is 2.36. The van der Waals surface area contributed by atoms with Gasteiger partial charge < -0.3 is 15.3 Å². The van der Waals surface area contributed by atoms with E-state index in [1.54, 1.807) is 17.2 Å². The summed E-state index contributed by atoms with van der Waals surface area (Å²) in [5.41, 5.74) is 1.04. The molecular formula is C11H12N4O2. The van der Waals surface area contributed by atoms with Gasteiger partial charge in [0.1, 0.15) is 12.1 Å². The topological polar surface area (TPSA) is 89.3 Å². The predicted molar refractivity (Wildman–Crippen MR) is 60.6 cm³/mol. The number of carbonyl (C=O) groups is 1. The predicted octanol–water partition coefficient (Wildman–Crippen LogP) is -0.184. The van der Waals surface area contributed by atoms with Crippen LogP contribution >= 0.6 is 0 Å². The Morgan fingerprint density at radius 3 is 3.24 bits per heavy atom. The van der Waals surface area contributed by atoms with Crippen LogP contribution in [-0.4, -0.2) is 41.7 Å². The number of aromatic nitrogens is 1. The first-order valence-electron chi connectivity index (χ1n) is 5.28. The summed E-state index contributed by atoms with van der Waals surface area (Å²) in [5, 5.41) is 21.2. The minimum Gasteiger partial charge on any atom is -0.480 e. The van der Waals surface area contributed by atoms with Crippen LogP contribution in [-0.2, 0) is 4.79 Å². The number of hydrogen-bond acceptors (Lipinski definition) is 5. The Bertz CT molecular complexity index is 469. The van der Waals surface area contributed by atoms with Crippen LogP contribution in [0.5, 0.6) is 0 Å². The van der Waals surface area contributed by atoms with Gasteiger partial charge in [-0.3, -0.25) is 4.98 Å². The third-order valence-corrected chi connectivity index (χ3v) is 2.76. The molecule has 1 fully saturated rings. The minimum absolute atomic E-state index is 0.370. The Hall–Kier alpha value is -2.13. The van der Waals surface area contributed by atoms with Crippen molar-refractivity contribution in [3.05, 3.63) is 24.0 Å². The summed E-state index contributed by atoms with van der Waals surface area (Å²) in [5.74, 6) is -0.898. The van der Waals surface area contributed by atoms with E-state index in [1.165, 1.54) is 6.20 Å². The summed E-state index contributed by atoms with van der Waals surface area (Å²) in [6, 6.07) is 3.00. The van der Waals surface area contributed by atoms with Gasteiger partial charge in [-0.1, -0.05) is 0 Å². The minimum atomic E-state index is -0.898. The zero-order chi connectivity index (χ0) is 12.3. The number of aliphatic carboxylic acids is 1. The van der Waals surface area contributed by atoms with Gasteiger partial charge in [0.25, 0.3) is 0 Å². The van der Waals surface area contributed by atoms with Crippen LogP contribution in [0, 0.1) is 11.3 Å². The van der Waals surface area contributed by atoms with E-state index in [0.717, 1.165) is 0 Å². The summed E-state index contributed by atoms with van der Waals surface area (Å²) >= 11 is 0. The summed E-state index contributed by atoms with van der Waals surface area (Å²) < 4.78 is 0. The molecule has 2 heterocycles. The van der Waals surface area contributed by atoms with Crippen LogP contribution in [0.1, 0.15) is 5.56 Å². The molecule has 0 radical (unpaired) electrons. The van der Waals surface area contributed by atoms with Gasteiger partial charge in [0.2, 0.25) is 0 Å². The lowest BCUT2D eigenvalue weighted by molar-refractivity contribution is -0.138. The molecule has 0 spiro atoms. The quantitative estimate of drug-likeness (QED) is 0.735. The lowest BCUT2D eigenvalue weighted by Crippen LogP contribution is -2.55. The van der Waals surface area contributed by atoms with Gasteiger partial charge in [0.05, 0.1) is 17.4 Å². The summed E-state index contributed by atoms with van der Waals surface area (Å²) in [4.78, 5) is 16.8. The SMILES string of the molecule is N#Cc1ccncc1N1CCNCC1C(=O)O. The molecule has 0 bridgehead atoms. The molecule has 17 heavy (non-hydrogen) atoms. The normalized spacial score (nSPS) is 19.7. The van der Waals surface area contributed by atoms with E-state index in [0.29, 0.717) is 30.9 Å². The molecule has 1 aromatic rings. The third-order valence-electron chi connectivity index (χ3n) is 2.76. The number of nitrogens with zero attached hydrogens (tertiary/aromatic N) is 3. The van der Waals surface area contributed by atoms with Crippen LogP contribution in [0.3, 0.4) is 0 Å². The average Bonchev–Trinajstić information content (AvgIpc) is 2.38. The number of carboxylic acids is 1. The van der Waals surface area contributed by atoms with Crippen molar-refractivity contribution in [3.63, 3.8) is 0 Å². The molecule has 1 aliphatic heterocycles. The van der Waals surface area contributed by atoms with Gasteiger partial charge >= 0.3 is 5.97 Å². The molecule has 2 rings (SSSR count). The maximum atomic E-state index is 11.2. The van der Waals surface area contributed by atoms with Crippen molar-refractivity contribution >= 4 is 11.7 Å². The Morgan fingerprint density at radius 2 is 2.53 bits per heavy atom. The first-order valence-corrected chi connectivity index (χ1v) is 5.28. The van der Waals surface area contributed by atoms with E-state index in [2.05, 4.69) is 16.4 Å². The van der Waals surface area contributed by atoms with E-state index in [4.69, 9.17) is 10.4 Å². The second-order valence-electron chi connectivity index (χ2n) is 3.76. The maximum Gasteiger partial charge on any atom is 0.327 e. The number of hydrogen-bond donors (Lipinski definition) is 2. The number of nitrogens with one attached hydrogen (secondary N) is 1. The molecule has 6 nitrogen and oxygen atoms in total. The van der Waals surface area contributed by atoms with Gasteiger partial charge in [0.15, 0.2) is 0 Å². The molecule has 1 unspecified atom stereocenters. The van der Waals surface area contributed by atoms with Crippen molar-refractivity contribution in [2.45, 2.75) is 6.04 Å². The maximum absolute atomic E-state index is 11.2. The molecule has 6 heteroatoms. The van der Waals surface area contributed by atoms with Gasteiger partial charge in [-0.2, -0.15) is 5.26 Å². The monoisotopic (exact) mass is 232 g/mol. The zero-order valence-electron chi connectivity index (χ0n) is 9.13. The number of anilines is 1. The molecule has 1 atom stereocenters. The van der Waals surface area contributed by atoms with E-state index < -0.39 is 12.0 Å². The molecule has 0 saturated carbocycles. The largest absolute Gasteiger partial charge is 0.480 e. The van der Waals surface area contributed by atoms with Gasteiger partial charge in [-0.15, -0.1) is 0 Å². The number of pyridine rings is 1. The van der Waals surface area contributed by atoms with Crippen molar-refractivity contribution < 1.29 is 9.90 Å². The Kier molecular flexibility index (Phi) is 3.21. The molecule has 1 saturated heterocycles. The van der Waals surface area contributed by atoms with Crippen LogP contribution in [0.4, 0.5) is 5.69 Å². The van der Waals surface area contributed by atoms with Crippen molar-refractivity contribution in [2.24, 2.45) is 0 Å². The van der Waals surface area contributed by atoms with Crippen molar-refractivity contribution in [1.82, 2.24) is 10.3 Å². The molecule has 88 valence electrons. The van der Waals surface area contributed by atoms with Crippen molar-refractivity contribution in [3.8, 4) is 6.07 Å². The Labute approximate surface area is 98.5 Å². The van der Waals surface area contributed by atoms with Crippen LogP contribution in [0.15, 0.2) is 18.5 Å². The number of nitriles is 1. The van der Waals surface area contributed by atoms with E-state index in [9.17, 15) is 4.79 Å². The molecule has 1 aliphatic rings. The highest BCUT2D eigenvalue weighted by Crippen LogP contribution is 2.21. The summed E-state index contributed by atoms with van der Waals surface area (Å²) in [7, 11) is 0. The highest BCUT2D eigenvalue weighted by atomic mass is 16.4.